The van der Waals surface area contributed by atoms with Gasteiger partial charge in [0.1, 0.15) is 0 Å². The third-order valence-electron chi connectivity index (χ3n) is 7.83. The van der Waals surface area contributed by atoms with Crippen molar-refractivity contribution < 1.29 is 4.79 Å². The molecule has 32 heavy (non-hydrogen) atoms. The van der Waals surface area contributed by atoms with Crippen molar-refractivity contribution in [3.8, 4) is 0 Å². The fourth-order valence-corrected chi connectivity index (χ4v) is 11.1. The zero-order valence-corrected chi connectivity index (χ0v) is 21.6. The van der Waals surface area contributed by atoms with E-state index >= 15 is 0 Å². The van der Waals surface area contributed by atoms with E-state index in [1.54, 1.807) is 0 Å². The first kappa shape index (κ1) is 25.7. The SMILES string of the molecule is CCCCCCCCCCCCC(=O)NS(c1ccccc1)(C1CCCC1)C1CCCC1. The summed E-state index contributed by atoms with van der Waals surface area (Å²) in [5.41, 5.74) is 0. The number of amides is 1. The zero-order chi connectivity index (χ0) is 22.5. The number of hydrogen-bond donors (Lipinski definition) is 1. The third kappa shape index (κ3) is 7.27. The Morgan fingerprint density at radius 3 is 1.72 bits per heavy atom. The number of carbonyl (C=O) groups is 1. The van der Waals surface area contributed by atoms with Gasteiger partial charge in [0.25, 0.3) is 0 Å². The van der Waals surface area contributed by atoms with Gasteiger partial charge in [0.15, 0.2) is 0 Å². The Bertz CT molecular complexity index is 618. The second kappa shape index (κ2) is 14.3. The van der Waals surface area contributed by atoms with Crippen molar-refractivity contribution >= 4 is 16.1 Å². The van der Waals surface area contributed by atoms with Crippen molar-refractivity contribution in [2.45, 2.75) is 144 Å². The highest BCUT2D eigenvalue weighted by Crippen LogP contribution is 2.67. The maximum atomic E-state index is 13.3. The number of hydrogen-bond acceptors (Lipinski definition) is 1. The van der Waals surface area contributed by atoms with E-state index in [0.717, 1.165) is 12.8 Å². The molecule has 0 spiro atoms. The summed E-state index contributed by atoms with van der Waals surface area (Å²) in [6, 6.07) is 11.2. The molecule has 1 amide bonds. The van der Waals surface area contributed by atoms with Crippen LogP contribution in [0.15, 0.2) is 35.2 Å². The Morgan fingerprint density at radius 1 is 0.750 bits per heavy atom. The molecule has 3 rings (SSSR count). The van der Waals surface area contributed by atoms with E-state index in [9.17, 15) is 4.79 Å². The minimum Gasteiger partial charge on any atom is -0.314 e. The summed E-state index contributed by atoms with van der Waals surface area (Å²) >= 11 is 0. The van der Waals surface area contributed by atoms with Crippen LogP contribution in [-0.4, -0.2) is 16.4 Å². The van der Waals surface area contributed by atoms with Crippen LogP contribution in [0.5, 0.6) is 0 Å². The fraction of sp³-hybridized carbons (Fsp3) is 0.759. The number of benzene rings is 1. The van der Waals surface area contributed by atoms with Gasteiger partial charge >= 0.3 is 0 Å². The molecule has 0 radical (unpaired) electrons. The van der Waals surface area contributed by atoms with Crippen LogP contribution in [0.3, 0.4) is 0 Å². The molecule has 0 unspecified atom stereocenters. The Kier molecular flexibility index (Phi) is 11.5. The van der Waals surface area contributed by atoms with Crippen molar-refractivity contribution in [1.29, 1.82) is 0 Å². The van der Waals surface area contributed by atoms with Crippen molar-refractivity contribution in [3.63, 3.8) is 0 Å². The molecule has 182 valence electrons. The largest absolute Gasteiger partial charge is 0.314 e. The second-order valence-electron chi connectivity index (χ2n) is 10.3. The summed E-state index contributed by atoms with van der Waals surface area (Å²) in [7, 11) is -1.29. The zero-order valence-electron chi connectivity index (χ0n) is 20.8. The van der Waals surface area contributed by atoms with E-state index in [1.807, 2.05) is 0 Å². The number of unbranched alkanes of at least 4 members (excludes halogenated alkanes) is 9. The first-order valence-electron chi connectivity index (χ1n) is 13.9. The lowest BCUT2D eigenvalue weighted by Gasteiger charge is -2.51. The summed E-state index contributed by atoms with van der Waals surface area (Å²) < 4.78 is 3.81. The average Bonchev–Trinajstić information content (AvgIpc) is 3.54. The van der Waals surface area contributed by atoms with Crippen molar-refractivity contribution in [1.82, 2.24) is 4.72 Å². The van der Waals surface area contributed by atoms with Crippen LogP contribution in [-0.2, 0) is 4.79 Å². The molecule has 0 bridgehead atoms. The van der Waals surface area contributed by atoms with Gasteiger partial charge in [-0.15, -0.1) is 10.2 Å². The summed E-state index contributed by atoms with van der Waals surface area (Å²) in [5, 5.41) is 1.37. The summed E-state index contributed by atoms with van der Waals surface area (Å²) in [5.74, 6) is 0.335. The lowest BCUT2D eigenvalue weighted by atomic mass is 10.1. The van der Waals surface area contributed by atoms with Crippen LogP contribution in [0.1, 0.15) is 129 Å². The number of nitrogens with one attached hydrogen (secondary N) is 1. The molecule has 0 aliphatic heterocycles. The van der Waals surface area contributed by atoms with E-state index in [4.69, 9.17) is 0 Å². The van der Waals surface area contributed by atoms with Gasteiger partial charge < -0.3 is 4.72 Å². The van der Waals surface area contributed by atoms with Gasteiger partial charge in [0, 0.05) is 21.8 Å². The number of rotatable bonds is 15. The second-order valence-corrected chi connectivity index (χ2v) is 13.7. The molecule has 1 aromatic carbocycles. The predicted molar refractivity (Wildman–Crippen MR) is 141 cm³/mol. The Balaban J connectivity index is 1.52. The minimum atomic E-state index is -1.29. The topological polar surface area (TPSA) is 29.1 Å². The molecule has 3 heteroatoms. The van der Waals surface area contributed by atoms with Gasteiger partial charge in [0.2, 0.25) is 5.91 Å². The lowest BCUT2D eigenvalue weighted by molar-refractivity contribution is -0.119. The van der Waals surface area contributed by atoms with E-state index in [1.165, 1.54) is 114 Å². The maximum Gasteiger partial charge on any atom is 0.228 e. The molecule has 0 saturated heterocycles. The average molecular weight is 460 g/mol. The summed E-state index contributed by atoms with van der Waals surface area (Å²) in [6.45, 7) is 2.28. The van der Waals surface area contributed by atoms with E-state index in [0.29, 0.717) is 16.4 Å². The van der Waals surface area contributed by atoms with E-state index < -0.39 is 10.2 Å². The summed E-state index contributed by atoms with van der Waals surface area (Å²) in [6.07, 6.45) is 24.5. The normalized spacial score (nSPS) is 18.3. The molecule has 0 aromatic heterocycles. The summed E-state index contributed by atoms with van der Waals surface area (Å²) in [4.78, 5) is 14.7. The minimum absolute atomic E-state index is 0.335. The smallest absolute Gasteiger partial charge is 0.228 e. The van der Waals surface area contributed by atoms with Crippen molar-refractivity contribution in [2.24, 2.45) is 0 Å². The van der Waals surface area contributed by atoms with Crippen LogP contribution in [0, 0.1) is 0 Å². The molecule has 2 aliphatic rings. The quantitative estimate of drug-likeness (QED) is 0.260. The van der Waals surface area contributed by atoms with Crippen LogP contribution in [0.4, 0.5) is 0 Å². The van der Waals surface area contributed by atoms with Gasteiger partial charge in [0.05, 0.1) is 0 Å². The lowest BCUT2D eigenvalue weighted by Crippen LogP contribution is -2.40. The predicted octanol–water partition coefficient (Wildman–Crippen LogP) is 9.08. The first-order valence-corrected chi connectivity index (χ1v) is 15.7. The highest BCUT2D eigenvalue weighted by Gasteiger charge is 2.44. The van der Waals surface area contributed by atoms with Crippen molar-refractivity contribution in [2.75, 3.05) is 0 Å². The van der Waals surface area contributed by atoms with Gasteiger partial charge in [-0.2, -0.15) is 0 Å². The molecule has 2 fully saturated rings. The molecule has 2 nitrogen and oxygen atoms in total. The standard InChI is InChI=1S/C29H49NOS/c1-2-3-4-5-6-7-8-9-10-14-25-29(31)30-32(27-21-15-16-22-27,28-23-17-18-24-28)26-19-12-11-13-20-26/h11-13,19-20,27-28H,2-10,14-18,21-25H2,1H3,(H,30,31). The highest BCUT2D eigenvalue weighted by atomic mass is 32.3. The number of carbonyl (C=O) groups excluding carboxylic acids is 1. The Morgan fingerprint density at radius 2 is 1.22 bits per heavy atom. The third-order valence-corrected chi connectivity index (χ3v) is 12.5. The van der Waals surface area contributed by atoms with E-state index in [2.05, 4.69) is 42.0 Å². The van der Waals surface area contributed by atoms with E-state index in [-0.39, 0.29) is 0 Å². The van der Waals surface area contributed by atoms with Crippen LogP contribution in [0.2, 0.25) is 0 Å². The van der Waals surface area contributed by atoms with Gasteiger partial charge in [-0.05, 0) is 44.2 Å². The first-order chi connectivity index (χ1) is 15.8. The molecule has 2 saturated carbocycles. The molecular weight excluding hydrogens is 410 g/mol. The highest BCUT2D eigenvalue weighted by molar-refractivity contribution is 8.33. The maximum absolute atomic E-state index is 13.3. The molecule has 0 heterocycles. The monoisotopic (exact) mass is 459 g/mol. The van der Waals surface area contributed by atoms with Crippen LogP contribution in [0.25, 0.3) is 0 Å². The van der Waals surface area contributed by atoms with Gasteiger partial charge in [-0.25, -0.2) is 0 Å². The Hall–Kier alpha value is -0.960. The van der Waals surface area contributed by atoms with Crippen LogP contribution >= 0.6 is 10.2 Å². The molecule has 0 atom stereocenters. The fourth-order valence-electron chi connectivity index (χ4n) is 6.06. The molecule has 2 aliphatic carbocycles. The van der Waals surface area contributed by atoms with Crippen molar-refractivity contribution in [3.05, 3.63) is 30.3 Å². The van der Waals surface area contributed by atoms with Gasteiger partial charge in [-0.1, -0.05) is 109 Å². The van der Waals surface area contributed by atoms with Gasteiger partial charge in [-0.3, -0.25) is 4.79 Å². The molecular formula is C29H49NOS. The molecule has 1 N–H and O–H groups in total. The Labute approximate surface area is 200 Å². The molecule has 1 aromatic rings. The van der Waals surface area contributed by atoms with Crippen LogP contribution < -0.4 is 4.72 Å².